The predicted octanol–water partition coefficient (Wildman–Crippen LogP) is 4.37. The summed E-state index contributed by atoms with van der Waals surface area (Å²) in [6, 6.07) is 16.1. The van der Waals surface area contributed by atoms with E-state index in [0.717, 1.165) is 35.1 Å². The van der Waals surface area contributed by atoms with E-state index in [1.165, 1.54) is 29.8 Å². The summed E-state index contributed by atoms with van der Waals surface area (Å²) in [4.78, 5) is 0.150. The minimum Gasteiger partial charge on any atom is -0.211 e. The van der Waals surface area contributed by atoms with Gasteiger partial charge in [-0.15, -0.1) is 0 Å². The minimum absolute atomic E-state index is 0.150. The number of fused-ring (bicyclic) bond motifs is 1. The monoisotopic (exact) mass is 390 g/mol. The second-order valence-corrected chi connectivity index (χ2v) is 8.45. The number of hydrogen-bond acceptors (Lipinski definition) is 3. The Balaban J connectivity index is 1.73. The molecule has 0 fully saturated rings. The zero-order chi connectivity index (χ0) is 20.1. The van der Waals surface area contributed by atoms with Gasteiger partial charge in [0, 0.05) is 6.54 Å². The van der Waals surface area contributed by atoms with E-state index in [0.29, 0.717) is 12.0 Å². The lowest BCUT2D eigenvalue weighted by Crippen LogP contribution is -2.24. The van der Waals surface area contributed by atoms with E-state index in [1.807, 2.05) is 24.3 Å². The Labute approximate surface area is 166 Å². The zero-order valence-electron chi connectivity index (χ0n) is 15.6. The van der Waals surface area contributed by atoms with Crippen LogP contribution in [-0.4, -0.2) is 15.0 Å². The van der Waals surface area contributed by atoms with Crippen molar-refractivity contribution >= 4 is 15.6 Å². The molecule has 0 atom stereocenters. The highest BCUT2D eigenvalue weighted by Gasteiger charge is 2.17. The lowest BCUT2D eigenvalue weighted by Gasteiger charge is -2.12. The number of nitrogens with one attached hydrogen (secondary N) is 1. The third-order valence-corrected chi connectivity index (χ3v) is 6.31. The molecule has 2 aromatic rings. The fourth-order valence-corrected chi connectivity index (χ4v) is 4.27. The highest BCUT2D eigenvalue weighted by molar-refractivity contribution is 7.89. The summed E-state index contributed by atoms with van der Waals surface area (Å²) in [7, 11) is -3.61. The fourth-order valence-electron chi connectivity index (χ4n) is 3.23. The van der Waals surface area contributed by atoms with Gasteiger partial charge in [-0.1, -0.05) is 43.5 Å². The van der Waals surface area contributed by atoms with Crippen LogP contribution in [0.5, 0.6) is 0 Å². The van der Waals surface area contributed by atoms with E-state index in [-0.39, 0.29) is 11.4 Å². The Hall–Kier alpha value is -2.94. The number of sulfonamides is 1. The van der Waals surface area contributed by atoms with Gasteiger partial charge in [-0.2, -0.15) is 5.26 Å². The summed E-state index contributed by atoms with van der Waals surface area (Å²) < 4.78 is 27.4. The lowest BCUT2D eigenvalue weighted by atomic mass is 9.94. The molecule has 3 rings (SSSR count). The molecule has 0 spiro atoms. The molecular formula is C23H22N2O2S. The Kier molecular flexibility index (Phi) is 5.93. The third kappa shape index (κ3) is 4.30. The van der Waals surface area contributed by atoms with Crippen molar-refractivity contribution in [3.05, 3.63) is 95.6 Å². The van der Waals surface area contributed by atoms with E-state index < -0.39 is 10.0 Å². The summed E-state index contributed by atoms with van der Waals surface area (Å²) in [6.45, 7) is 8.60. The molecule has 0 heterocycles. The van der Waals surface area contributed by atoms with Gasteiger partial charge in [0.15, 0.2) is 0 Å². The quantitative estimate of drug-likeness (QED) is 0.609. The first kappa shape index (κ1) is 19.8. The van der Waals surface area contributed by atoms with Crippen molar-refractivity contribution < 1.29 is 8.42 Å². The van der Waals surface area contributed by atoms with Crippen molar-refractivity contribution in [1.29, 1.82) is 5.26 Å². The smallest absolute Gasteiger partial charge is 0.211 e. The molecule has 28 heavy (non-hydrogen) atoms. The average molecular weight is 391 g/mol. The second kappa shape index (κ2) is 8.39. The summed E-state index contributed by atoms with van der Waals surface area (Å²) in [5.41, 5.74) is 5.78. The van der Waals surface area contributed by atoms with Crippen LogP contribution < -0.4 is 4.72 Å². The van der Waals surface area contributed by atoms with Gasteiger partial charge in [-0.3, -0.25) is 0 Å². The van der Waals surface area contributed by atoms with Crippen LogP contribution in [0.1, 0.15) is 29.5 Å². The number of nitriles is 1. The highest BCUT2D eigenvalue weighted by atomic mass is 32.2. The number of nitrogens with zero attached hydrogens (tertiary/aromatic N) is 1. The number of allylic oxidation sites excluding steroid dienone is 3. The third-order valence-electron chi connectivity index (χ3n) is 4.83. The largest absolute Gasteiger partial charge is 0.240 e. The Morgan fingerprint density at radius 2 is 1.79 bits per heavy atom. The molecule has 0 amide bonds. The highest BCUT2D eigenvalue weighted by Crippen LogP contribution is 2.35. The van der Waals surface area contributed by atoms with Crippen molar-refractivity contribution in [3.8, 4) is 6.07 Å². The first-order chi connectivity index (χ1) is 13.4. The maximum atomic E-state index is 12.4. The molecule has 0 unspecified atom stereocenters. The Bertz CT molecular complexity index is 1090. The standard InChI is InChI=1S/C23H22N2O2S/c1-17-9-12-20-6-3-4-7-23(20)22(18(17)2)8-5-15-25-28(26,27)21-13-10-19(16-24)11-14-21/h3-4,6-8,10-11,13-14,25H,1-2,5,9,12,15H2. The average Bonchev–Trinajstić information content (AvgIpc) is 2.83. The van der Waals surface area contributed by atoms with E-state index in [4.69, 9.17) is 5.26 Å². The lowest BCUT2D eigenvalue weighted by molar-refractivity contribution is 0.582. The predicted molar refractivity (Wildman–Crippen MR) is 112 cm³/mol. The molecule has 2 aromatic carbocycles. The maximum Gasteiger partial charge on any atom is 0.240 e. The van der Waals surface area contributed by atoms with E-state index in [2.05, 4.69) is 30.0 Å². The molecule has 0 saturated carbocycles. The first-order valence-electron chi connectivity index (χ1n) is 9.08. The van der Waals surface area contributed by atoms with Gasteiger partial charge < -0.3 is 0 Å². The van der Waals surface area contributed by atoms with Gasteiger partial charge >= 0.3 is 0 Å². The van der Waals surface area contributed by atoms with Crippen molar-refractivity contribution in [2.24, 2.45) is 0 Å². The van der Waals surface area contributed by atoms with Crippen LogP contribution in [0, 0.1) is 11.3 Å². The topological polar surface area (TPSA) is 70.0 Å². The van der Waals surface area contributed by atoms with E-state index >= 15 is 0 Å². The summed E-state index contributed by atoms with van der Waals surface area (Å²) >= 11 is 0. The van der Waals surface area contributed by atoms with Crippen LogP contribution in [0.2, 0.25) is 0 Å². The van der Waals surface area contributed by atoms with Crippen molar-refractivity contribution in [2.75, 3.05) is 6.54 Å². The molecule has 142 valence electrons. The van der Waals surface area contributed by atoms with Crippen molar-refractivity contribution in [1.82, 2.24) is 4.72 Å². The van der Waals surface area contributed by atoms with Gasteiger partial charge in [0.25, 0.3) is 0 Å². The molecule has 1 N–H and O–H groups in total. The molecule has 0 radical (unpaired) electrons. The summed E-state index contributed by atoms with van der Waals surface area (Å²) in [6.07, 6.45) is 4.36. The Morgan fingerprint density at radius 1 is 1.07 bits per heavy atom. The zero-order valence-corrected chi connectivity index (χ0v) is 16.4. The summed E-state index contributed by atoms with van der Waals surface area (Å²) in [5.74, 6) is 0. The molecule has 4 nitrogen and oxygen atoms in total. The van der Waals surface area contributed by atoms with Crippen LogP contribution in [0.3, 0.4) is 0 Å². The van der Waals surface area contributed by atoms with Gasteiger partial charge in [0.05, 0.1) is 16.5 Å². The molecule has 1 aliphatic rings. The number of benzene rings is 2. The van der Waals surface area contributed by atoms with Crippen LogP contribution >= 0.6 is 0 Å². The number of aryl methyl sites for hydroxylation is 1. The van der Waals surface area contributed by atoms with Crippen LogP contribution in [-0.2, 0) is 16.4 Å². The van der Waals surface area contributed by atoms with E-state index in [1.54, 1.807) is 0 Å². The molecule has 0 aliphatic heterocycles. The molecule has 0 aromatic heterocycles. The normalized spacial score (nSPS) is 15.8. The summed E-state index contributed by atoms with van der Waals surface area (Å²) in [5, 5.41) is 8.82. The second-order valence-electron chi connectivity index (χ2n) is 6.68. The van der Waals surface area contributed by atoms with E-state index in [9.17, 15) is 8.42 Å². The first-order valence-corrected chi connectivity index (χ1v) is 10.6. The number of rotatable bonds is 5. The van der Waals surface area contributed by atoms with Crippen molar-refractivity contribution in [2.45, 2.75) is 24.2 Å². The van der Waals surface area contributed by atoms with Crippen LogP contribution in [0.25, 0.3) is 5.57 Å². The van der Waals surface area contributed by atoms with Crippen LogP contribution in [0.15, 0.2) is 83.8 Å². The van der Waals surface area contributed by atoms with Gasteiger partial charge in [-0.05, 0) is 71.4 Å². The molecule has 5 heteroatoms. The fraction of sp³-hybridized carbons (Fsp3) is 0.174. The molecular weight excluding hydrogens is 368 g/mol. The van der Waals surface area contributed by atoms with Gasteiger partial charge in [0.2, 0.25) is 10.0 Å². The molecule has 0 saturated heterocycles. The molecule has 1 aliphatic carbocycles. The molecule has 0 bridgehead atoms. The van der Waals surface area contributed by atoms with Gasteiger partial charge in [0.1, 0.15) is 0 Å². The Morgan fingerprint density at radius 3 is 2.50 bits per heavy atom. The van der Waals surface area contributed by atoms with Gasteiger partial charge in [-0.25, -0.2) is 13.1 Å². The maximum absolute atomic E-state index is 12.4. The van der Waals surface area contributed by atoms with Crippen LogP contribution in [0.4, 0.5) is 0 Å². The SMILES string of the molecule is C=C1CCc2ccccc2C(=CCCNS(=O)(=O)c2ccc(C#N)cc2)C1=C. The minimum atomic E-state index is -3.61. The van der Waals surface area contributed by atoms with Crippen molar-refractivity contribution in [3.63, 3.8) is 0 Å². The number of hydrogen-bond donors (Lipinski definition) is 1.